The van der Waals surface area contributed by atoms with Gasteiger partial charge in [0.15, 0.2) is 0 Å². The van der Waals surface area contributed by atoms with Crippen molar-refractivity contribution in [2.75, 3.05) is 6.61 Å². The Bertz CT molecular complexity index is 710. The molecule has 0 aromatic rings. The highest BCUT2D eigenvalue weighted by Gasteiger charge is 2.31. The fourth-order valence-corrected chi connectivity index (χ4v) is 3.95. The Balaban J connectivity index is 4.20. The third kappa shape index (κ3) is 19.0. The van der Waals surface area contributed by atoms with Crippen LogP contribution in [0.2, 0.25) is 0 Å². The molecule has 0 saturated heterocycles. The average molecular weight is 450 g/mol. The van der Waals surface area contributed by atoms with Crippen LogP contribution in [-0.4, -0.2) is 21.3 Å². The SMILES string of the molecule is CC(C)=CCC/C(C)=C/CC/C(C)=C\CC/C(C)=C\COP(=O)(O)OP(=O)(O)O. The summed E-state index contributed by atoms with van der Waals surface area (Å²) in [5.41, 5.74) is 5.03. The van der Waals surface area contributed by atoms with Crippen LogP contribution in [0.5, 0.6) is 0 Å². The Morgan fingerprint density at radius 1 is 0.724 bits per heavy atom. The molecule has 0 radical (unpaired) electrons. The maximum absolute atomic E-state index is 11.3. The lowest BCUT2D eigenvalue weighted by Gasteiger charge is -2.11. The fourth-order valence-electron chi connectivity index (χ4n) is 2.42. The van der Waals surface area contributed by atoms with Crippen molar-refractivity contribution in [1.29, 1.82) is 0 Å². The molecule has 0 aliphatic rings. The molecule has 0 bridgehead atoms. The maximum Gasteiger partial charge on any atom is 0.481 e. The first-order valence-corrected chi connectivity index (χ1v) is 12.7. The highest BCUT2D eigenvalue weighted by molar-refractivity contribution is 7.60. The van der Waals surface area contributed by atoms with Crippen molar-refractivity contribution < 1.29 is 32.6 Å². The molecule has 0 heterocycles. The van der Waals surface area contributed by atoms with Crippen LogP contribution in [0.3, 0.4) is 0 Å². The van der Waals surface area contributed by atoms with E-state index in [-0.39, 0.29) is 6.61 Å². The molecule has 1 unspecified atom stereocenters. The molecule has 0 aliphatic heterocycles. The zero-order valence-electron chi connectivity index (χ0n) is 18.1. The van der Waals surface area contributed by atoms with Crippen LogP contribution in [0, 0.1) is 0 Å². The number of phosphoric acid groups is 2. The van der Waals surface area contributed by atoms with Gasteiger partial charge in [-0.25, -0.2) is 9.13 Å². The minimum absolute atomic E-state index is 0.265. The predicted octanol–water partition coefficient (Wildman–Crippen LogP) is 6.36. The summed E-state index contributed by atoms with van der Waals surface area (Å²) in [6, 6.07) is 0. The second-order valence-corrected chi connectivity index (χ2v) is 10.2. The number of rotatable bonds is 14. The van der Waals surface area contributed by atoms with Crippen molar-refractivity contribution >= 4 is 15.6 Å². The van der Waals surface area contributed by atoms with Crippen molar-refractivity contribution in [1.82, 2.24) is 0 Å². The standard InChI is InChI=1S/C20H36O7P2/c1-17(2)9-6-10-18(3)11-7-12-19(4)13-8-14-20(5)15-16-26-29(24,25)27-28(21,22)23/h9,11,13,15H,6-8,10,12,14,16H2,1-5H3,(H,24,25)(H2,21,22,23)/b18-11+,19-13-,20-15-. The molecule has 0 spiro atoms. The number of allylic oxidation sites excluding steroid dienone is 7. The molecular formula is C20H36O7P2. The molecule has 0 saturated carbocycles. The van der Waals surface area contributed by atoms with E-state index in [0.29, 0.717) is 0 Å². The summed E-state index contributed by atoms with van der Waals surface area (Å²) in [5.74, 6) is 0. The summed E-state index contributed by atoms with van der Waals surface area (Å²) in [6.07, 6.45) is 14.1. The molecule has 0 amide bonds. The number of phosphoric ester groups is 1. The van der Waals surface area contributed by atoms with E-state index in [1.165, 1.54) is 16.7 Å². The number of hydrogen-bond acceptors (Lipinski definition) is 4. The molecule has 3 N–H and O–H groups in total. The topological polar surface area (TPSA) is 113 Å². The third-order valence-corrected chi connectivity index (χ3v) is 6.18. The zero-order chi connectivity index (χ0) is 22.5. The van der Waals surface area contributed by atoms with E-state index >= 15 is 0 Å². The maximum atomic E-state index is 11.3. The molecule has 1 atom stereocenters. The van der Waals surface area contributed by atoms with Gasteiger partial charge in [0.1, 0.15) is 0 Å². The Labute approximate surface area is 175 Å². The summed E-state index contributed by atoms with van der Waals surface area (Å²) < 4.78 is 30.1. The number of hydrogen-bond donors (Lipinski definition) is 3. The van der Waals surface area contributed by atoms with Crippen molar-refractivity contribution in [3.8, 4) is 0 Å². The van der Waals surface area contributed by atoms with Crippen LogP contribution in [-0.2, 0) is 18.0 Å². The summed E-state index contributed by atoms with van der Waals surface area (Å²) in [5, 5.41) is 0. The van der Waals surface area contributed by atoms with E-state index < -0.39 is 15.6 Å². The molecule has 0 aliphatic carbocycles. The summed E-state index contributed by atoms with van der Waals surface area (Å²) in [7, 11) is -9.85. The Kier molecular flexibility index (Phi) is 13.9. The van der Waals surface area contributed by atoms with Gasteiger partial charge in [0.25, 0.3) is 0 Å². The van der Waals surface area contributed by atoms with Crippen LogP contribution < -0.4 is 0 Å². The quantitative estimate of drug-likeness (QED) is 0.208. The van der Waals surface area contributed by atoms with Gasteiger partial charge in [0.2, 0.25) is 0 Å². The van der Waals surface area contributed by atoms with Gasteiger partial charge in [-0.05, 0) is 73.1 Å². The molecule has 7 nitrogen and oxygen atoms in total. The first-order valence-electron chi connectivity index (χ1n) is 9.65. The molecule has 168 valence electrons. The van der Waals surface area contributed by atoms with E-state index in [2.05, 4.69) is 54.8 Å². The van der Waals surface area contributed by atoms with Crippen LogP contribution in [0.25, 0.3) is 0 Å². The lowest BCUT2D eigenvalue weighted by Crippen LogP contribution is -1.94. The van der Waals surface area contributed by atoms with Gasteiger partial charge in [-0.1, -0.05) is 46.6 Å². The largest absolute Gasteiger partial charge is 0.481 e. The van der Waals surface area contributed by atoms with E-state index in [0.717, 1.165) is 44.1 Å². The Hall–Kier alpha value is -0.780. The second-order valence-electron chi connectivity index (χ2n) is 7.39. The monoisotopic (exact) mass is 450 g/mol. The lowest BCUT2D eigenvalue weighted by molar-refractivity contribution is 0.191. The Morgan fingerprint density at radius 2 is 1.14 bits per heavy atom. The third-order valence-electron chi connectivity index (χ3n) is 4.03. The van der Waals surface area contributed by atoms with Crippen molar-refractivity contribution in [3.63, 3.8) is 0 Å². The van der Waals surface area contributed by atoms with Crippen LogP contribution >= 0.6 is 15.6 Å². The summed E-state index contributed by atoms with van der Waals surface area (Å²) in [6.45, 7) is 10.1. The van der Waals surface area contributed by atoms with Gasteiger partial charge in [0, 0.05) is 0 Å². The van der Waals surface area contributed by atoms with Crippen LogP contribution in [0.15, 0.2) is 46.6 Å². The van der Waals surface area contributed by atoms with Gasteiger partial charge in [-0.15, -0.1) is 0 Å². The average Bonchev–Trinajstić information content (AvgIpc) is 2.51. The molecule has 0 aromatic heterocycles. The molecule has 0 aromatic carbocycles. The first kappa shape index (κ1) is 28.2. The molecule has 9 heteroatoms. The predicted molar refractivity (Wildman–Crippen MR) is 117 cm³/mol. The van der Waals surface area contributed by atoms with Gasteiger partial charge in [0.05, 0.1) is 6.61 Å². The van der Waals surface area contributed by atoms with Crippen molar-refractivity contribution in [2.24, 2.45) is 0 Å². The van der Waals surface area contributed by atoms with Crippen molar-refractivity contribution in [2.45, 2.75) is 73.1 Å². The highest BCUT2D eigenvalue weighted by Crippen LogP contribution is 2.57. The van der Waals surface area contributed by atoms with E-state index in [4.69, 9.17) is 9.79 Å². The minimum Gasteiger partial charge on any atom is -0.302 e. The van der Waals surface area contributed by atoms with E-state index in [1.807, 2.05) is 6.92 Å². The van der Waals surface area contributed by atoms with Gasteiger partial charge >= 0.3 is 15.6 Å². The zero-order valence-corrected chi connectivity index (χ0v) is 19.9. The summed E-state index contributed by atoms with van der Waals surface area (Å²) >= 11 is 0. The van der Waals surface area contributed by atoms with Crippen molar-refractivity contribution in [3.05, 3.63) is 46.6 Å². The minimum atomic E-state index is -5.08. The molecule has 29 heavy (non-hydrogen) atoms. The van der Waals surface area contributed by atoms with Crippen LogP contribution in [0.1, 0.15) is 73.1 Å². The smallest absolute Gasteiger partial charge is 0.302 e. The summed E-state index contributed by atoms with van der Waals surface area (Å²) in [4.78, 5) is 26.2. The lowest BCUT2D eigenvalue weighted by atomic mass is 10.0. The fraction of sp³-hybridized carbons (Fsp3) is 0.600. The normalized spacial score (nSPS) is 15.9. The van der Waals surface area contributed by atoms with Gasteiger partial charge in [-0.3, -0.25) is 4.52 Å². The molecule has 0 rings (SSSR count). The first-order chi connectivity index (χ1) is 13.3. The van der Waals surface area contributed by atoms with E-state index in [9.17, 15) is 14.0 Å². The Morgan fingerprint density at radius 3 is 1.55 bits per heavy atom. The van der Waals surface area contributed by atoms with Crippen LogP contribution in [0.4, 0.5) is 0 Å². The van der Waals surface area contributed by atoms with Gasteiger partial charge in [-0.2, -0.15) is 4.31 Å². The van der Waals surface area contributed by atoms with E-state index in [1.54, 1.807) is 6.08 Å². The molecule has 0 fully saturated rings. The highest BCUT2D eigenvalue weighted by atomic mass is 31.3. The van der Waals surface area contributed by atoms with Gasteiger partial charge < -0.3 is 14.7 Å². The second kappa shape index (κ2) is 14.3. The molecular weight excluding hydrogens is 414 g/mol.